The van der Waals surface area contributed by atoms with E-state index in [0.717, 1.165) is 11.0 Å². The van der Waals surface area contributed by atoms with Gasteiger partial charge in [0.2, 0.25) is 0 Å². The molecule has 8 nitrogen and oxygen atoms in total. The molecule has 0 saturated carbocycles. The molecule has 0 aliphatic heterocycles. The van der Waals surface area contributed by atoms with E-state index in [1.54, 1.807) is 42.1 Å². The third-order valence-electron chi connectivity index (χ3n) is 4.46. The average molecular weight is 385 g/mol. The third kappa shape index (κ3) is 3.44. The molecule has 29 heavy (non-hydrogen) atoms. The molecule has 4 aromatic rings. The number of benzene rings is 2. The van der Waals surface area contributed by atoms with Gasteiger partial charge in [0.1, 0.15) is 17.6 Å². The van der Waals surface area contributed by atoms with Crippen molar-refractivity contribution in [1.82, 2.24) is 14.5 Å². The van der Waals surface area contributed by atoms with E-state index in [-0.39, 0.29) is 5.69 Å². The molecule has 2 heterocycles. The van der Waals surface area contributed by atoms with E-state index >= 15 is 0 Å². The van der Waals surface area contributed by atoms with Gasteiger partial charge in [-0.1, -0.05) is 6.07 Å². The van der Waals surface area contributed by atoms with Crippen LogP contribution in [0.1, 0.15) is 11.5 Å². The molecule has 8 heteroatoms. The van der Waals surface area contributed by atoms with Gasteiger partial charge in [0.25, 0.3) is 5.69 Å². The summed E-state index contributed by atoms with van der Waals surface area (Å²) in [6, 6.07) is 17.5. The van der Waals surface area contributed by atoms with E-state index in [1.165, 1.54) is 12.1 Å². The van der Waals surface area contributed by atoms with Crippen LogP contribution in [0.2, 0.25) is 0 Å². The second kappa shape index (κ2) is 7.32. The normalized spacial score (nSPS) is 11.4. The Labute approximate surface area is 165 Å². The van der Waals surface area contributed by atoms with Crippen LogP contribution >= 0.6 is 0 Å². The summed E-state index contributed by atoms with van der Waals surface area (Å²) in [6.07, 6.45) is 3.47. The molecular formula is C21H15N5O3. The predicted octanol–water partition coefficient (Wildman–Crippen LogP) is 4.33. The van der Waals surface area contributed by atoms with Crippen LogP contribution in [-0.2, 0) is 0 Å². The zero-order chi connectivity index (χ0) is 20.4. The lowest BCUT2D eigenvalue weighted by Gasteiger charge is -2.06. The number of rotatable bonds is 5. The number of imidazole rings is 1. The molecule has 0 unspecified atom stereocenters. The highest BCUT2D eigenvalue weighted by molar-refractivity contribution is 5.90. The summed E-state index contributed by atoms with van der Waals surface area (Å²) in [6.45, 7) is 0. The van der Waals surface area contributed by atoms with E-state index in [0.29, 0.717) is 28.5 Å². The van der Waals surface area contributed by atoms with Crippen molar-refractivity contribution in [1.29, 1.82) is 5.26 Å². The van der Waals surface area contributed by atoms with Crippen LogP contribution in [0.5, 0.6) is 5.75 Å². The van der Waals surface area contributed by atoms with Crippen molar-refractivity contribution in [3.05, 3.63) is 82.4 Å². The quantitative estimate of drug-likeness (QED) is 0.312. The van der Waals surface area contributed by atoms with E-state index in [2.05, 4.69) is 16.0 Å². The highest BCUT2D eigenvalue weighted by Gasteiger charge is 2.12. The van der Waals surface area contributed by atoms with Crippen molar-refractivity contribution in [2.45, 2.75) is 0 Å². The lowest BCUT2D eigenvalue weighted by Crippen LogP contribution is -1.97. The lowest BCUT2D eigenvalue weighted by molar-refractivity contribution is -0.384. The molecule has 0 amide bonds. The number of nitrogens with one attached hydrogen (secondary N) is 1. The summed E-state index contributed by atoms with van der Waals surface area (Å²) in [7, 11) is 1.58. The van der Waals surface area contributed by atoms with Crippen molar-refractivity contribution in [2.75, 3.05) is 7.11 Å². The summed E-state index contributed by atoms with van der Waals surface area (Å²) in [5.74, 6) is 1.12. The van der Waals surface area contributed by atoms with Gasteiger partial charge >= 0.3 is 0 Å². The Bertz CT molecular complexity index is 1290. The molecule has 1 N–H and O–H groups in total. The number of allylic oxidation sites excluding steroid dienone is 1. The van der Waals surface area contributed by atoms with E-state index < -0.39 is 4.92 Å². The first-order chi connectivity index (χ1) is 14.1. The Morgan fingerprint density at radius 3 is 2.90 bits per heavy atom. The number of H-pyrrole nitrogens is 1. The third-order valence-corrected chi connectivity index (χ3v) is 4.46. The Kier molecular flexibility index (Phi) is 4.55. The van der Waals surface area contributed by atoms with E-state index in [1.807, 2.05) is 24.3 Å². The molecule has 0 atom stereocenters. The number of aromatic nitrogens is 3. The zero-order valence-electron chi connectivity index (χ0n) is 15.4. The fourth-order valence-corrected chi connectivity index (χ4v) is 3.05. The summed E-state index contributed by atoms with van der Waals surface area (Å²) in [4.78, 5) is 18.2. The fourth-order valence-electron chi connectivity index (χ4n) is 3.05. The lowest BCUT2D eigenvalue weighted by atomic mass is 10.2. The second-order valence-electron chi connectivity index (χ2n) is 6.22. The Balaban J connectivity index is 1.76. The number of methoxy groups -OCH3 is 1. The van der Waals surface area contributed by atoms with Gasteiger partial charge in [0.05, 0.1) is 34.3 Å². The van der Waals surface area contributed by atoms with Crippen LogP contribution in [0.25, 0.3) is 28.4 Å². The summed E-state index contributed by atoms with van der Waals surface area (Å²) < 4.78 is 6.99. The highest BCUT2D eigenvalue weighted by atomic mass is 16.6. The SMILES string of the molecule is COc1ccc2nc(C(C#N)=Cc3cccn3-c3cccc([N+](=O)[O-])c3)[nH]c2c1. The maximum absolute atomic E-state index is 11.1. The molecule has 0 fully saturated rings. The van der Waals surface area contributed by atoms with Crippen LogP contribution in [0.4, 0.5) is 5.69 Å². The number of hydrogen-bond acceptors (Lipinski definition) is 5. The largest absolute Gasteiger partial charge is 0.497 e. The maximum Gasteiger partial charge on any atom is 0.271 e. The van der Waals surface area contributed by atoms with E-state index in [9.17, 15) is 15.4 Å². The molecule has 2 aromatic carbocycles. The van der Waals surface area contributed by atoms with Gasteiger partial charge in [-0.2, -0.15) is 5.26 Å². The Morgan fingerprint density at radius 1 is 1.28 bits per heavy atom. The number of nitro groups is 1. The summed E-state index contributed by atoms with van der Waals surface area (Å²) >= 11 is 0. The molecule has 0 aliphatic rings. The Morgan fingerprint density at radius 2 is 2.14 bits per heavy atom. The van der Waals surface area contributed by atoms with Gasteiger partial charge in [-0.25, -0.2) is 4.98 Å². The van der Waals surface area contributed by atoms with Crippen LogP contribution < -0.4 is 4.74 Å². The molecule has 0 radical (unpaired) electrons. The number of aromatic amines is 1. The molecule has 0 spiro atoms. The first kappa shape index (κ1) is 18.0. The molecule has 0 aliphatic carbocycles. The number of hydrogen-bond donors (Lipinski definition) is 1. The van der Waals surface area contributed by atoms with Crippen LogP contribution in [0.3, 0.4) is 0 Å². The maximum atomic E-state index is 11.1. The molecular weight excluding hydrogens is 370 g/mol. The van der Waals surface area contributed by atoms with Crippen molar-refractivity contribution < 1.29 is 9.66 Å². The predicted molar refractivity (Wildman–Crippen MR) is 109 cm³/mol. The average Bonchev–Trinajstić information content (AvgIpc) is 3.38. The Hall–Kier alpha value is -4.38. The van der Waals surface area contributed by atoms with E-state index in [4.69, 9.17) is 4.74 Å². The topological polar surface area (TPSA) is 110 Å². The van der Waals surface area contributed by atoms with Crippen molar-refractivity contribution in [2.24, 2.45) is 0 Å². The first-order valence-corrected chi connectivity index (χ1v) is 8.67. The van der Waals surface area contributed by atoms with Gasteiger partial charge in [-0.05, 0) is 36.4 Å². The number of nitro benzene ring substituents is 1. The van der Waals surface area contributed by atoms with Crippen molar-refractivity contribution in [3.63, 3.8) is 0 Å². The molecule has 0 saturated heterocycles. The minimum absolute atomic E-state index is 0.00197. The molecule has 4 rings (SSSR count). The highest BCUT2D eigenvalue weighted by Crippen LogP contribution is 2.24. The fraction of sp³-hybridized carbons (Fsp3) is 0.0476. The number of ether oxygens (including phenoxy) is 1. The van der Waals surface area contributed by atoms with Crippen molar-refractivity contribution >= 4 is 28.4 Å². The van der Waals surface area contributed by atoms with Crippen molar-refractivity contribution in [3.8, 4) is 17.5 Å². The summed E-state index contributed by atoms with van der Waals surface area (Å²) in [5, 5.41) is 20.7. The van der Waals surface area contributed by atoms with Gasteiger partial charge in [0, 0.05) is 30.1 Å². The summed E-state index contributed by atoms with van der Waals surface area (Å²) in [5.41, 5.74) is 3.14. The van der Waals surface area contributed by atoms with Crippen LogP contribution in [-0.4, -0.2) is 26.6 Å². The molecule has 2 aromatic heterocycles. The first-order valence-electron chi connectivity index (χ1n) is 8.67. The standard InChI is InChI=1S/C21H15N5O3/c1-29-18-7-8-19-20(12-18)24-21(23-19)14(13-22)10-15-6-3-9-25(15)16-4-2-5-17(11-16)26(27)28/h2-12H,1H3,(H,23,24). The number of nitriles is 1. The number of non-ortho nitro benzene ring substituents is 1. The number of fused-ring (bicyclic) bond motifs is 1. The molecule has 142 valence electrons. The minimum Gasteiger partial charge on any atom is -0.497 e. The van der Waals surface area contributed by atoms with Gasteiger partial charge in [0.15, 0.2) is 0 Å². The van der Waals surface area contributed by atoms with Crippen LogP contribution in [0.15, 0.2) is 60.8 Å². The van der Waals surface area contributed by atoms with Gasteiger partial charge in [-0.3, -0.25) is 10.1 Å². The van der Waals surface area contributed by atoms with Gasteiger partial charge in [-0.15, -0.1) is 0 Å². The minimum atomic E-state index is -0.439. The second-order valence-corrected chi connectivity index (χ2v) is 6.22. The monoisotopic (exact) mass is 385 g/mol. The smallest absolute Gasteiger partial charge is 0.271 e. The van der Waals surface area contributed by atoms with Gasteiger partial charge < -0.3 is 14.3 Å². The zero-order valence-corrected chi connectivity index (χ0v) is 15.4. The molecule has 0 bridgehead atoms. The van der Waals surface area contributed by atoms with Crippen LogP contribution in [0, 0.1) is 21.4 Å². The number of nitrogens with zero attached hydrogens (tertiary/aromatic N) is 4.